The Morgan fingerprint density at radius 3 is 2.90 bits per heavy atom. The van der Waals surface area contributed by atoms with E-state index < -0.39 is 0 Å². The van der Waals surface area contributed by atoms with Crippen LogP contribution in [0.25, 0.3) is 0 Å². The van der Waals surface area contributed by atoms with Crippen LogP contribution in [0.4, 0.5) is 5.82 Å². The molecule has 0 unspecified atom stereocenters. The number of nitriles is 1. The van der Waals surface area contributed by atoms with Crippen LogP contribution in [-0.2, 0) is 4.79 Å². The summed E-state index contributed by atoms with van der Waals surface area (Å²) in [6.07, 6.45) is 1.98. The summed E-state index contributed by atoms with van der Waals surface area (Å²) >= 11 is 0. The predicted molar refractivity (Wildman–Crippen MR) is 75.2 cm³/mol. The maximum atomic E-state index is 12.2. The van der Waals surface area contributed by atoms with E-state index in [2.05, 4.69) is 16.0 Å². The Bertz CT molecular complexity index is 592. The first-order valence-corrected chi connectivity index (χ1v) is 6.99. The largest absolute Gasteiger partial charge is 0.353 e. The molecule has 104 valence electrons. The number of aromatic nitrogens is 1. The molecular weight excluding hydrogens is 252 g/mol. The molecule has 0 saturated carbocycles. The zero-order valence-electron chi connectivity index (χ0n) is 11.8. The third kappa shape index (κ3) is 2.01. The Morgan fingerprint density at radius 1 is 1.35 bits per heavy atom. The molecular formula is C15H18N4O. The van der Waals surface area contributed by atoms with E-state index in [1.807, 2.05) is 31.0 Å². The number of carbonyl (C=O) groups excluding carboxylic acids is 1. The Hall–Kier alpha value is -2.09. The van der Waals surface area contributed by atoms with Gasteiger partial charge >= 0.3 is 0 Å². The van der Waals surface area contributed by atoms with E-state index in [-0.39, 0.29) is 17.9 Å². The molecule has 5 nitrogen and oxygen atoms in total. The molecule has 4 heterocycles. The summed E-state index contributed by atoms with van der Waals surface area (Å²) in [4.78, 5) is 20.7. The molecule has 0 N–H and O–H groups in total. The van der Waals surface area contributed by atoms with Crippen LogP contribution in [0.2, 0.25) is 0 Å². The van der Waals surface area contributed by atoms with Gasteiger partial charge in [0, 0.05) is 31.9 Å². The highest BCUT2D eigenvalue weighted by Crippen LogP contribution is 2.31. The maximum Gasteiger partial charge on any atom is 0.227 e. The van der Waals surface area contributed by atoms with Gasteiger partial charge in [-0.25, -0.2) is 4.98 Å². The normalized spacial score (nSPS) is 25.6. The molecule has 3 aliphatic heterocycles. The lowest BCUT2D eigenvalue weighted by Gasteiger charge is -2.32. The number of aryl methyl sites for hydroxylation is 1. The second-order valence-electron chi connectivity index (χ2n) is 5.72. The average molecular weight is 270 g/mol. The zero-order chi connectivity index (χ0) is 14.3. The van der Waals surface area contributed by atoms with Gasteiger partial charge in [-0.3, -0.25) is 4.79 Å². The monoisotopic (exact) mass is 270 g/mol. The smallest absolute Gasteiger partial charge is 0.227 e. The minimum atomic E-state index is 0.0348. The third-order valence-electron chi connectivity index (χ3n) is 4.40. The fourth-order valence-corrected chi connectivity index (χ4v) is 3.20. The van der Waals surface area contributed by atoms with Crippen molar-refractivity contribution in [1.29, 1.82) is 5.26 Å². The van der Waals surface area contributed by atoms with Crippen LogP contribution in [0.3, 0.4) is 0 Å². The van der Waals surface area contributed by atoms with Gasteiger partial charge in [-0.05, 0) is 31.9 Å². The number of fused-ring (bicyclic) bond motifs is 4. The van der Waals surface area contributed by atoms with Gasteiger partial charge in [-0.1, -0.05) is 0 Å². The number of amides is 1. The molecule has 5 heteroatoms. The van der Waals surface area contributed by atoms with Gasteiger partial charge in [0.25, 0.3) is 0 Å². The molecule has 1 amide bonds. The van der Waals surface area contributed by atoms with Crippen molar-refractivity contribution in [3.05, 3.63) is 23.4 Å². The molecule has 1 aromatic rings. The minimum Gasteiger partial charge on any atom is -0.353 e. The molecule has 3 aliphatic rings. The van der Waals surface area contributed by atoms with Crippen molar-refractivity contribution in [2.75, 3.05) is 25.0 Å². The fourth-order valence-electron chi connectivity index (χ4n) is 3.20. The van der Waals surface area contributed by atoms with E-state index in [0.717, 1.165) is 30.9 Å². The van der Waals surface area contributed by atoms with E-state index in [9.17, 15) is 10.1 Å². The molecule has 0 radical (unpaired) electrons. The molecule has 3 saturated heterocycles. The van der Waals surface area contributed by atoms with Crippen LogP contribution >= 0.6 is 0 Å². The molecule has 4 rings (SSSR count). The molecule has 0 spiro atoms. The Kier molecular flexibility index (Phi) is 3.09. The first-order valence-electron chi connectivity index (χ1n) is 6.99. The lowest BCUT2D eigenvalue weighted by atomic mass is 9.95. The van der Waals surface area contributed by atoms with Gasteiger partial charge in [-0.2, -0.15) is 5.26 Å². The van der Waals surface area contributed by atoms with Crippen LogP contribution < -0.4 is 4.90 Å². The topological polar surface area (TPSA) is 60.2 Å². The van der Waals surface area contributed by atoms with Crippen LogP contribution in [0.5, 0.6) is 0 Å². The Morgan fingerprint density at radius 2 is 2.15 bits per heavy atom. The first kappa shape index (κ1) is 12.9. The number of nitrogens with zero attached hydrogens (tertiary/aromatic N) is 4. The van der Waals surface area contributed by atoms with Gasteiger partial charge in [-0.15, -0.1) is 0 Å². The number of rotatable bonds is 1. The minimum absolute atomic E-state index is 0.0348. The molecule has 3 fully saturated rings. The summed E-state index contributed by atoms with van der Waals surface area (Å²) in [5, 5.41) is 9.27. The fraction of sp³-hybridized carbons (Fsp3) is 0.533. The predicted octanol–water partition coefficient (Wildman–Crippen LogP) is 1.32. The Balaban J connectivity index is 1.98. The summed E-state index contributed by atoms with van der Waals surface area (Å²) in [6, 6.07) is 6.11. The standard InChI is InChI=1S/C15H18N4O/c1-10-3-4-11(7-16)14(17-10)19-8-12-5-6-13(9-19)18(2)15(12)20/h3-4,12-13H,5-6,8-9H2,1-2H3/t12-,13+/m1/s1. The van der Waals surface area contributed by atoms with Crippen molar-refractivity contribution in [1.82, 2.24) is 9.88 Å². The number of likely N-dealkylation sites (N-methyl/N-ethyl adjacent to an activating group) is 1. The highest BCUT2D eigenvalue weighted by Gasteiger charge is 2.39. The summed E-state index contributed by atoms with van der Waals surface area (Å²) < 4.78 is 0. The second-order valence-corrected chi connectivity index (χ2v) is 5.72. The molecule has 1 aromatic heterocycles. The summed E-state index contributed by atoms with van der Waals surface area (Å²) in [5.74, 6) is 0.995. The lowest BCUT2D eigenvalue weighted by Crippen LogP contribution is -2.45. The second kappa shape index (κ2) is 4.78. The zero-order valence-corrected chi connectivity index (χ0v) is 11.8. The van der Waals surface area contributed by atoms with E-state index >= 15 is 0 Å². The van der Waals surface area contributed by atoms with Crippen LogP contribution in [0, 0.1) is 24.2 Å². The van der Waals surface area contributed by atoms with Crippen LogP contribution in [0.1, 0.15) is 24.1 Å². The maximum absolute atomic E-state index is 12.2. The molecule has 2 atom stereocenters. The Labute approximate surface area is 118 Å². The van der Waals surface area contributed by atoms with Crippen molar-refractivity contribution in [2.24, 2.45) is 5.92 Å². The van der Waals surface area contributed by atoms with E-state index in [4.69, 9.17) is 0 Å². The van der Waals surface area contributed by atoms with Gasteiger partial charge in [0.05, 0.1) is 11.5 Å². The van der Waals surface area contributed by atoms with Crippen molar-refractivity contribution >= 4 is 11.7 Å². The summed E-state index contributed by atoms with van der Waals surface area (Å²) in [6.45, 7) is 3.36. The van der Waals surface area contributed by atoms with Gasteiger partial charge < -0.3 is 9.80 Å². The number of pyridine rings is 1. The molecule has 20 heavy (non-hydrogen) atoms. The molecule has 2 bridgehead atoms. The highest BCUT2D eigenvalue weighted by molar-refractivity contribution is 5.81. The van der Waals surface area contributed by atoms with Crippen LogP contribution in [0.15, 0.2) is 12.1 Å². The van der Waals surface area contributed by atoms with Crippen molar-refractivity contribution in [3.63, 3.8) is 0 Å². The molecule has 0 aliphatic carbocycles. The first-order chi connectivity index (χ1) is 9.60. The van der Waals surface area contributed by atoms with E-state index in [1.165, 1.54) is 0 Å². The van der Waals surface area contributed by atoms with Crippen molar-refractivity contribution in [2.45, 2.75) is 25.8 Å². The number of hydrogen-bond donors (Lipinski definition) is 0. The number of hydrogen-bond acceptors (Lipinski definition) is 4. The SMILES string of the molecule is Cc1ccc(C#N)c(N2C[C@H]3CC[C@@H](C2)N(C)C3=O)n1. The van der Waals surface area contributed by atoms with E-state index in [1.54, 1.807) is 0 Å². The van der Waals surface area contributed by atoms with Gasteiger partial charge in [0.1, 0.15) is 11.9 Å². The van der Waals surface area contributed by atoms with Crippen molar-refractivity contribution < 1.29 is 4.79 Å². The molecule has 0 aromatic carbocycles. The van der Waals surface area contributed by atoms with Gasteiger partial charge in [0.2, 0.25) is 5.91 Å². The van der Waals surface area contributed by atoms with Gasteiger partial charge in [0.15, 0.2) is 0 Å². The number of carbonyl (C=O) groups is 1. The average Bonchev–Trinajstić information content (AvgIpc) is 2.73. The lowest BCUT2D eigenvalue weighted by molar-refractivity contribution is -0.138. The third-order valence-corrected chi connectivity index (χ3v) is 4.40. The summed E-state index contributed by atoms with van der Waals surface area (Å²) in [5.41, 5.74) is 1.49. The van der Waals surface area contributed by atoms with Crippen LogP contribution in [-0.4, -0.2) is 42.0 Å². The number of anilines is 1. The quantitative estimate of drug-likeness (QED) is 0.772. The summed E-state index contributed by atoms with van der Waals surface area (Å²) in [7, 11) is 1.89. The van der Waals surface area contributed by atoms with Crippen molar-refractivity contribution in [3.8, 4) is 6.07 Å². The highest BCUT2D eigenvalue weighted by atomic mass is 16.2. The van der Waals surface area contributed by atoms with E-state index in [0.29, 0.717) is 12.1 Å². The number of piperidine rings is 1.